The van der Waals surface area contributed by atoms with E-state index in [4.69, 9.17) is 19.7 Å². The Hall–Kier alpha value is -0.160. The Bertz CT molecular complexity index is 150. The van der Waals surface area contributed by atoms with Crippen LogP contribution in [0.15, 0.2) is 0 Å². The third kappa shape index (κ3) is 2.64. The average Bonchev–Trinajstić information content (AvgIpc) is 2.18. The Morgan fingerprint density at radius 2 is 1.77 bits per heavy atom. The molecular weight excluding hydrogens is 172 g/mol. The second-order valence-electron chi connectivity index (χ2n) is 4.19. The highest BCUT2D eigenvalue weighted by molar-refractivity contribution is 4.75. The molecule has 1 fully saturated rings. The van der Waals surface area contributed by atoms with Crippen LogP contribution < -0.4 is 0 Å². The first-order chi connectivity index (χ1) is 6.10. The van der Waals surface area contributed by atoms with Gasteiger partial charge in [0.05, 0.1) is 26.4 Å². The fourth-order valence-corrected chi connectivity index (χ4v) is 1.17. The van der Waals surface area contributed by atoms with Crippen LogP contribution in [-0.4, -0.2) is 42.9 Å². The van der Waals surface area contributed by atoms with Gasteiger partial charge in [-0.1, -0.05) is 13.8 Å². The fourth-order valence-electron chi connectivity index (χ4n) is 1.17. The Kier molecular flexibility index (Phi) is 3.67. The predicted molar refractivity (Wildman–Crippen MR) is 47.1 cm³/mol. The van der Waals surface area contributed by atoms with Crippen LogP contribution in [0.1, 0.15) is 13.8 Å². The molecule has 1 aliphatic heterocycles. The Balaban J connectivity index is 2.40. The van der Waals surface area contributed by atoms with Gasteiger partial charge in [-0.15, -0.1) is 0 Å². The zero-order chi connectivity index (χ0) is 9.90. The van der Waals surface area contributed by atoms with Crippen molar-refractivity contribution in [1.29, 1.82) is 0 Å². The lowest BCUT2D eigenvalue weighted by molar-refractivity contribution is -0.254. The van der Waals surface area contributed by atoms with Gasteiger partial charge in [-0.2, -0.15) is 0 Å². The van der Waals surface area contributed by atoms with Crippen LogP contribution in [0, 0.1) is 11.3 Å². The number of rotatable bonds is 3. The molecule has 13 heavy (non-hydrogen) atoms. The molecule has 0 aromatic carbocycles. The van der Waals surface area contributed by atoms with E-state index in [1.807, 2.05) is 13.8 Å². The normalized spacial score (nSPS) is 30.5. The summed E-state index contributed by atoms with van der Waals surface area (Å²) >= 11 is 0. The third-order valence-electron chi connectivity index (χ3n) is 2.27. The lowest BCUT2D eigenvalue weighted by atomic mass is 9.93. The molecule has 0 spiro atoms. The van der Waals surface area contributed by atoms with Crippen LogP contribution in [0.3, 0.4) is 0 Å². The molecule has 4 nitrogen and oxygen atoms in total. The maximum Gasteiger partial charge on any atom is 0.164 e. The quantitative estimate of drug-likeness (QED) is 0.657. The lowest BCUT2D eigenvalue weighted by Crippen LogP contribution is -2.44. The summed E-state index contributed by atoms with van der Waals surface area (Å²) in [7, 11) is 0. The second kappa shape index (κ2) is 4.37. The van der Waals surface area contributed by atoms with Gasteiger partial charge in [0.2, 0.25) is 0 Å². The zero-order valence-electron chi connectivity index (χ0n) is 8.19. The van der Waals surface area contributed by atoms with Crippen molar-refractivity contribution in [3.8, 4) is 0 Å². The van der Waals surface area contributed by atoms with Crippen molar-refractivity contribution >= 4 is 0 Å². The summed E-state index contributed by atoms with van der Waals surface area (Å²) in [5.41, 5.74) is -0.375. The minimum absolute atomic E-state index is 0.0292. The number of hydrogen-bond donors (Lipinski definition) is 2. The highest BCUT2D eigenvalue weighted by atomic mass is 16.7. The van der Waals surface area contributed by atoms with Crippen molar-refractivity contribution in [1.82, 2.24) is 0 Å². The van der Waals surface area contributed by atoms with E-state index < -0.39 is 0 Å². The highest BCUT2D eigenvalue weighted by Crippen LogP contribution is 2.27. The Labute approximate surface area is 78.5 Å². The molecular formula is C9H18O4. The van der Waals surface area contributed by atoms with Gasteiger partial charge in [-0.25, -0.2) is 0 Å². The van der Waals surface area contributed by atoms with Gasteiger partial charge in [0, 0.05) is 11.3 Å². The van der Waals surface area contributed by atoms with E-state index in [0.29, 0.717) is 13.2 Å². The SMILES string of the molecule is CC(C)(CO)C1OCC(CO)CO1. The molecule has 0 radical (unpaired) electrons. The summed E-state index contributed by atoms with van der Waals surface area (Å²) in [5.74, 6) is 0.0748. The van der Waals surface area contributed by atoms with Crippen molar-refractivity contribution in [3.05, 3.63) is 0 Å². The topological polar surface area (TPSA) is 58.9 Å². The first-order valence-corrected chi connectivity index (χ1v) is 4.55. The summed E-state index contributed by atoms with van der Waals surface area (Å²) in [4.78, 5) is 0. The fraction of sp³-hybridized carbons (Fsp3) is 1.00. The smallest absolute Gasteiger partial charge is 0.164 e. The van der Waals surface area contributed by atoms with Crippen LogP contribution in [-0.2, 0) is 9.47 Å². The number of aliphatic hydroxyl groups excluding tert-OH is 2. The Morgan fingerprint density at radius 3 is 2.15 bits per heavy atom. The van der Waals surface area contributed by atoms with E-state index in [2.05, 4.69) is 0 Å². The molecule has 0 atom stereocenters. The van der Waals surface area contributed by atoms with Crippen molar-refractivity contribution in [2.24, 2.45) is 11.3 Å². The van der Waals surface area contributed by atoms with Gasteiger partial charge in [0.25, 0.3) is 0 Å². The third-order valence-corrected chi connectivity index (χ3v) is 2.27. The molecule has 0 aromatic heterocycles. The second-order valence-corrected chi connectivity index (χ2v) is 4.19. The number of aliphatic hydroxyl groups is 2. The molecule has 1 heterocycles. The van der Waals surface area contributed by atoms with Crippen molar-refractivity contribution < 1.29 is 19.7 Å². The Morgan fingerprint density at radius 1 is 1.23 bits per heavy atom. The predicted octanol–water partition coefficient (Wildman–Crippen LogP) is -0.0137. The number of ether oxygens (including phenoxy) is 2. The van der Waals surface area contributed by atoms with Crippen LogP contribution in [0.2, 0.25) is 0 Å². The van der Waals surface area contributed by atoms with E-state index in [0.717, 1.165) is 0 Å². The van der Waals surface area contributed by atoms with Crippen LogP contribution in [0.25, 0.3) is 0 Å². The molecule has 0 bridgehead atoms. The van der Waals surface area contributed by atoms with E-state index in [9.17, 15) is 0 Å². The summed E-state index contributed by atoms with van der Waals surface area (Å²) < 4.78 is 10.8. The summed E-state index contributed by atoms with van der Waals surface area (Å²) in [6.45, 7) is 4.90. The van der Waals surface area contributed by atoms with Gasteiger partial charge in [-0.3, -0.25) is 0 Å². The van der Waals surface area contributed by atoms with Crippen LogP contribution >= 0.6 is 0 Å². The van der Waals surface area contributed by atoms with E-state index in [1.54, 1.807) is 0 Å². The van der Waals surface area contributed by atoms with Crippen LogP contribution in [0.5, 0.6) is 0 Å². The molecule has 78 valence electrons. The van der Waals surface area contributed by atoms with Crippen LogP contribution in [0.4, 0.5) is 0 Å². The standard InChI is InChI=1S/C9H18O4/c1-9(2,6-11)8-12-4-7(3-10)5-13-8/h7-8,10-11H,3-6H2,1-2H3. The summed E-state index contributed by atoms with van der Waals surface area (Å²) in [5, 5.41) is 17.9. The van der Waals surface area contributed by atoms with Crippen molar-refractivity contribution in [2.45, 2.75) is 20.1 Å². The van der Waals surface area contributed by atoms with E-state index >= 15 is 0 Å². The molecule has 0 unspecified atom stereocenters. The molecule has 0 saturated carbocycles. The molecule has 0 amide bonds. The highest BCUT2D eigenvalue weighted by Gasteiger charge is 2.34. The average molecular weight is 190 g/mol. The molecule has 4 heteroatoms. The van der Waals surface area contributed by atoms with Gasteiger partial charge >= 0.3 is 0 Å². The molecule has 1 saturated heterocycles. The van der Waals surface area contributed by atoms with Gasteiger partial charge in [-0.05, 0) is 0 Å². The van der Waals surface area contributed by atoms with E-state index in [-0.39, 0.29) is 30.8 Å². The maximum atomic E-state index is 9.06. The minimum Gasteiger partial charge on any atom is -0.396 e. The van der Waals surface area contributed by atoms with E-state index in [1.165, 1.54) is 0 Å². The molecule has 1 rings (SSSR count). The maximum absolute atomic E-state index is 9.06. The minimum atomic E-state index is -0.375. The molecule has 1 aliphatic rings. The molecule has 0 aliphatic carbocycles. The molecule has 0 aromatic rings. The van der Waals surface area contributed by atoms with Gasteiger partial charge in [0.1, 0.15) is 0 Å². The lowest BCUT2D eigenvalue weighted by Gasteiger charge is -2.37. The van der Waals surface area contributed by atoms with Gasteiger partial charge in [0.15, 0.2) is 6.29 Å². The monoisotopic (exact) mass is 190 g/mol. The summed E-state index contributed by atoms with van der Waals surface area (Å²) in [6, 6.07) is 0. The van der Waals surface area contributed by atoms with Gasteiger partial charge < -0.3 is 19.7 Å². The molecule has 2 N–H and O–H groups in total. The largest absolute Gasteiger partial charge is 0.396 e. The number of hydrogen-bond acceptors (Lipinski definition) is 4. The first-order valence-electron chi connectivity index (χ1n) is 4.55. The zero-order valence-corrected chi connectivity index (χ0v) is 8.19. The van der Waals surface area contributed by atoms with Crippen molar-refractivity contribution in [2.75, 3.05) is 26.4 Å². The first kappa shape index (κ1) is 10.9. The van der Waals surface area contributed by atoms with Crippen molar-refractivity contribution in [3.63, 3.8) is 0 Å². The summed E-state index contributed by atoms with van der Waals surface area (Å²) in [6.07, 6.45) is -0.361.